The van der Waals surface area contributed by atoms with E-state index in [1.165, 1.54) is 0 Å². The van der Waals surface area contributed by atoms with Crippen LogP contribution in [0.25, 0.3) is 22.2 Å². The highest BCUT2D eigenvalue weighted by Gasteiger charge is 2.25. The molecule has 0 spiro atoms. The van der Waals surface area contributed by atoms with Crippen molar-refractivity contribution in [1.29, 1.82) is 0 Å². The van der Waals surface area contributed by atoms with Crippen LogP contribution in [0.2, 0.25) is 0 Å². The van der Waals surface area contributed by atoms with Gasteiger partial charge in [-0.25, -0.2) is 9.97 Å². The summed E-state index contributed by atoms with van der Waals surface area (Å²) in [4.78, 5) is 27.0. The van der Waals surface area contributed by atoms with E-state index < -0.39 is 0 Å². The standard InChI is InChI=1S/C26H24N4O2/c1-32-20-8-6-7-19(17-20)24-18-22(21-9-2-3-10-23(21)28-24)26(31)30-15-13-29(14-16-30)25-11-4-5-12-27-25/h2-12,17-18H,13-16H2,1H3. The van der Waals surface area contributed by atoms with E-state index in [0.29, 0.717) is 18.7 Å². The van der Waals surface area contributed by atoms with Crippen LogP contribution in [0.3, 0.4) is 0 Å². The fourth-order valence-corrected chi connectivity index (χ4v) is 4.13. The molecule has 0 atom stereocenters. The Labute approximate surface area is 187 Å². The van der Waals surface area contributed by atoms with Gasteiger partial charge in [0.25, 0.3) is 5.91 Å². The number of amides is 1. The molecule has 0 bridgehead atoms. The third kappa shape index (κ3) is 3.87. The Morgan fingerprint density at radius 1 is 0.906 bits per heavy atom. The van der Waals surface area contributed by atoms with Crippen molar-refractivity contribution in [3.05, 3.63) is 84.6 Å². The maximum Gasteiger partial charge on any atom is 0.254 e. The zero-order chi connectivity index (χ0) is 21.9. The lowest BCUT2D eigenvalue weighted by molar-refractivity contribution is 0.0748. The molecule has 1 aliphatic rings. The van der Waals surface area contributed by atoms with Crippen molar-refractivity contribution in [2.24, 2.45) is 0 Å². The van der Waals surface area contributed by atoms with Crippen LogP contribution in [0.15, 0.2) is 79.0 Å². The first-order chi connectivity index (χ1) is 15.7. The van der Waals surface area contributed by atoms with Crippen molar-refractivity contribution in [2.75, 3.05) is 38.2 Å². The minimum absolute atomic E-state index is 0.0356. The van der Waals surface area contributed by atoms with Gasteiger partial charge >= 0.3 is 0 Å². The predicted octanol–water partition coefficient (Wildman–Crippen LogP) is 4.27. The first kappa shape index (κ1) is 20.0. The van der Waals surface area contributed by atoms with Crippen molar-refractivity contribution >= 4 is 22.6 Å². The van der Waals surface area contributed by atoms with Crippen molar-refractivity contribution in [3.63, 3.8) is 0 Å². The molecule has 1 fully saturated rings. The van der Waals surface area contributed by atoms with E-state index in [0.717, 1.165) is 46.8 Å². The Balaban J connectivity index is 1.46. The fraction of sp³-hybridized carbons (Fsp3) is 0.192. The molecular formula is C26H24N4O2. The third-order valence-electron chi connectivity index (χ3n) is 5.85. The van der Waals surface area contributed by atoms with Gasteiger partial charge in [0, 0.05) is 43.3 Å². The molecule has 6 nitrogen and oxygen atoms in total. The molecule has 3 heterocycles. The maximum atomic E-state index is 13.6. The van der Waals surface area contributed by atoms with E-state index in [9.17, 15) is 4.79 Å². The van der Waals surface area contributed by atoms with Crippen LogP contribution in [0.5, 0.6) is 5.75 Å². The smallest absolute Gasteiger partial charge is 0.254 e. The van der Waals surface area contributed by atoms with Gasteiger partial charge in [-0.15, -0.1) is 0 Å². The third-order valence-corrected chi connectivity index (χ3v) is 5.85. The number of aromatic nitrogens is 2. The van der Waals surface area contributed by atoms with Crippen LogP contribution in [0.4, 0.5) is 5.82 Å². The molecule has 0 N–H and O–H groups in total. The number of rotatable bonds is 4. The average Bonchev–Trinajstić information content (AvgIpc) is 2.88. The van der Waals surface area contributed by atoms with Gasteiger partial charge in [-0.3, -0.25) is 4.79 Å². The molecule has 6 heteroatoms. The van der Waals surface area contributed by atoms with Crippen molar-refractivity contribution in [2.45, 2.75) is 0 Å². The lowest BCUT2D eigenvalue weighted by Gasteiger charge is -2.35. The zero-order valence-electron chi connectivity index (χ0n) is 17.9. The summed E-state index contributed by atoms with van der Waals surface area (Å²) in [6.45, 7) is 2.82. The van der Waals surface area contributed by atoms with Crippen molar-refractivity contribution < 1.29 is 9.53 Å². The Hall–Kier alpha value is -3.93. The van der Waals surface area contributed by atoms with Gasteiger partial charge in [-0.05, 0) is 36.4 Å². The number of pyridine rings is 2. The van der Waals surface area contributed by atoms with Gasteiger partial charge in [0.2, 0.25) is 0 Å². The summed E-state index contributed by atoms with van der Waals surface area (Å²) in [6, 6.07) is 23.4. The van der Waals surface area contributed by atoms with Crippen LogP contribution >= 0.6 is 0 Å². The Morgan fingerprint density at radius 2 is 1.72 bits per heavy atom. The molecule has 32 heavy (non-hydrogen) atoms. The number of hydrogen-bond acceptors (Lipinski definition) is 5. The van der Waals surface area contributed by atoms with Crippen molar-refractivity contribution in [1.82, 2.24) is 14.9 Å². The first-order valence-electron chi connectivity index (χ1n) is 10.7. The number of piperazine rings is 1. The number of carbonyl (C=O) groups is 1. The average molecular weight is 425 g/mol. The quantitative estimate of drug-likeness (QED) is 0.490. The molecule has 0 unspecified atom stereocenters. The highest BCUT2D eigenvalue weighted by Crippen LogP contribution is 2.28. The normalized spacial score (nSPS) is 13.9. The molecule has 5 rings (SSSR count). The highest BCUT2D eigenvalue weighted by molar-refractivity contribution is 6.07. The number of hydrogen-bond donors (Lipinski definition) is 0. The maximum absolute atomic E-state index is 13.6. The summed E-state index contributed by atoms with van der Waals surface area (Å²) in [6.07, 6.45) is 1.80. The minimum Gasteiger partial charge on any atom is -0.497 e. The molecule has 0 radical (unpaired) electrons. The minimum atomic E-state index is 0.0356. The fourth-order valence-electron chi connectivity index (χ4n) is 4.13. The topological polar surface area (TPSA) is 58.6 Å². The lowest BCUT2D eigenvalue weighted by Crippen LogP contribution is -2.49. The molecule has 0 aliphatic carbocycles. The number of carbonyl (C=O) groups excluding carboxylic acids is 1. The zero-order valence-corrected chi connectivity index (χ0v) is 17.9. The summed E-state index contributed by atoms with van der Waals surface area (Å²) in [5, 5.41) is 0.872. The SMILES string of the molecule is COc1cccc(-c2cc(C(=O)N3CCN(c4ccccn4)CC3)c3ccccc3n2)c1. The number of anilines is 1. The summed E-state index contributed by atoms with van der Waals surface area (Å²) < 4.78 is 5.37. The Bertz CT molecular complexity index is 1250. The second-order valence-corrected chi connectivity index (χ2v) is 7.77. The molecular weight excluding hydrogens is 400 g/mol. The van der Waals surface area contributed by atoms with Gasteiger partial charge in [-0.2, -0.15) is 0 Å². The van der Waals surface area contributed by atoms with E-state index in [1.807, 2.05) is 77.7 Å². The Morgan fingerprint density at radius 3 is 2.50 bits per heavy atom. The molecule has 1 aliphatic heterocycles. The number of nitrogens with zero attached hydrogens (tertiary/aromatic N) is 4. The van der Waals surface area contributed by atoms with Gasteiger partial charge in [0.15, 0.2) is 0 Å². The summed E-state index contributed by atoms with van der Waals surface area (Å²) in [5.41, 5.74) is 3.17. The number of para-hydroxylation sites is 1. The number of benzene rings is 2. The van der Waals surface area contributed by atoms with Crippen molar-refractivity contribution in [3.8, 4) is 17.0 Å². The summed E-state index contributed by atoms with van der Waals surface area (Å²) >= 11 is 0. The van der Waals surface area contributed by atoms with Crippen LogP contribution in [0.1, 0.15) is 10.4 Å². The van der Waals surface area contributed by atoms with Gasteiger partial charge < -0.3 is 14.5 Å². The Kier molecular flexibility index (Phi) is 5.42. The molecule has 2 aromatic carbocycles. The summed E-state index contributed by atoms with van der Waals surface area (Å²) in [7, 11) is 1.65. The summed E-state index contributed by atoms with van der Waals surface area (Å²) in [5.74, 6) is 1.75. The van der Waals surface area contributed by atoms with Gasteiger partial charge in [0.05, 0.1) is 23.9 Å². The molecule has 1 saturated heterocycles. The van der Waals surface area contributed by atoms with E-state index in [4.69, 9.17) is 9.72 Å². The number of methoxy groups -OCH3 is 1. The largest absolute Gasteiger partial charge is 0.497 e. The second kappa shape index (κ2) is 8.67. The monoisotopic (exact) mass is 424 g/mol. The molecule has 2 aromatic heterocycles. The predicted molar refractivity (Wildman–Crippen MR) is 126 cm³/mol. The number of ether oxygens (including phenoxy) is 1. The molecule has 0 saturated carbocycles. The molecule has 160 valence electrons. The van der Waals surface area contributed by atoms with Gasteiger partial charge in [-0.1, -0.05) is 36.4 Å². The van der Waals surface area contributed by atoms with Crippen LogP contribution in [-0.4, -0.2) is 54.1 Å². The second-order valence-electron chi connectivity index (χ2n) is 7.77. The van der Waals surface area contributed by atoms with Crippen LogP contribution in [0, 0.1) is 0 Å². The first-order valence-corrected chi connectivity index (χ1v) is 10.7. The number of fused-ring (bicyclic) bond motifs is 1. The van der Waals surface area contributed by atoms with E-state index in [1.54, 1.807) is 13.3 Å². The van der Waals surface area contributed by atoms with Crippen LogP contribution in [-0.2, 0) is 0 Å². The molecule has 4 aromatic rings. The van der Waals surface area contributed by atoms with E-state index >= 15 is 0 Å². The van der Waals surface area contributed by atoms with E-state index in [-0.39, 0.29) is 5.91 Å². The van der Waals surface area contributed by atoms with Gasteiger partial charge in [0.1, 0.15) is 11.6 Å². The van der Waals surface area contributed by atoms with E-state index in [2.05, 4.69) is 9.88 Å². The highest BCUT2D eigenvalue weighted by atomic mass is 16.5. The lowest BCUT2D eigenvalue weighted by atomic mass is 10.0. The molecule has 1 amide bonds. The van der Waals surface area contributed by atoms with Crippen LogP contribution < -0.4 is 9.64 Å².